The van der Waals surface area contributed by atoms with Gasteiger partial charge < -0.3 is 5.11 Å². The van der Waals surface area contributed by atoms with Crippen molar-refractivity contribution in [3.8, 4) is 0 Å². The maximum absolute atomic E-state index is 10.7. The lowest BCUT2D eigenvalue weighted by Crippen LogP contribution is -2.46. The van der Waals surface area contributed by atoms with E-state index in [9.17, 15) is 5.11 Å². The van der Waals surface area contributed by atoms with Gasteiger partial charge in [-0.3, -0.25) is 0 Å². The lowest BCUT2D eigenvalue weighted by molar-refractivity contribution is -0.0760. The number of aliphatic hydroxyl groups excluding tert-OH is 1. The Morgan fingerprint density at radius 2 is 1.80 bits per heavy atom. The van der Waals surface area contributed by atoms with E-state index in [4.69, 9.17) is 11.6 Å². The van der Waals surface area contributed by atoms with Gasteiger partial charge in [0.1, 0.15) is 0 Å². The van der Waals surface area contributed by atoms with Crippen LogP contribution in [0.4, 0.5) is 0 Å². The molecule has 5 rings (SSSR count). The Morgan fingerprint density at radius 3 is 2.25 bits per heavy atom. The summed E-state index contributed by atoms with van der Waals surface area (Å²) in [5, 5.41) is 10.7. The predicted octanol–water partition coefficient (Wildman–Crippen LogP) is 5.35. The number of aryl methyl sites for hydroxylation is 1. The van der Waals surface area contributed by atoms with E-state index >= 15 is 0 Å². The molecular formula is C17H23ClOS. The van der Waals surface area contributed by atoms with E-state index in [0.717, 1.165) is 39.0 Å². The van der Waals surface area contributed by atoms with Crippen molar-refractivity contribution in [3.05, 3.63) is 20.8 Å². The molecule has 0 aliphatic heterocycles. The standard InChI is InChI=1S/C17H23ClOS/c1-10-2-15(20-16(10)18)14(19)9-17-6-11-3-12(7-17)5-13(4-11)8-17/h2,11-14,19H,3-9H2,1H3. The van der Waals surface area contributed by atoms with E-state index < -0.39 is 0 Å². The van der Waals surface area contributed by atoms with Crippen LogP contribution in [0, 0.1) is 30.1 Å². The molecule has 0 saturated heterocycles. The van der Waals surface area contributed by atoms with Crippen LogP contribution >= 0.6 is 22.9 Å². The molecule has 1 N–H and O–H groups in total. The van der Waals surface area contributed by atoms with Gasteiger partial charge in [-0.1, -0.05) is 11.6 Å². The highest BCUT2D eigenvalue weighted by molar-refractivity contribution is 7.16. The molecule has 4 fully saturated rings. The third-order valence-corrected chi connectivity index (χ3v) is 7.65. The summed E-state index contributed by atoms with van der Waals surface area (Å²) < 4.78 is 0.838. The zero-order valence-electron chi connectivity index (χ0n) is 12.1. The molecule has 0 aromatic carbocycles. The second kappa shape index (κ2) is 4.72. The molecule has 4 saturated carbocycles. The Morgan fingerprint density at radius 1 is 1.25 bits per heavy atom. The van der Waals surface area contributed by atoms with Crippen molar-refractivity contribution >= 4 is 22.9 Å². The number of thiophene rings is 1. The average Bonchev–Trinajstić information content (AvgIpc) is 2.67. The third kappa shape index (κ3) is 2.24. The molecule has 1 unspecified atom stereocenters. The molecule has 0 amide bonds. The first-order chi connectivity index (χ1) is 9.53. The first kappa shape index (κ1) is 13.6. The highest BCUT2D eigenvalue weighted by atomic mass is 35.5. The maximum Gasteiger partial charge on any atom is 0.0961 e. The van der Waals surface area contributed by atoms with Crippen LogP contribution in [0.1, 0.15) is 61.5 Å². The van der Waals surface area contributed by atoms with Crippen LogP contribution < -0.4 is 0 Å². The molecule has 3 heteroatoms. The van der Waals surface area contributed by atoms with E-state index in [1.807, 2.05) is 6.92 Å². The first-order valence-corrected chi connectivity index (χ1v) is 9.16. The van der Waals surface area contributed by atoms with Gasteiger partial charge >= 0.3 is 0 Å². The summed E-state index contributed by atoms with van der Waals surface area (Å²) in [6.45, 7) is 2.03. The van der Waals surface area contributed by atoms with E-state index in [1.54, 1.807) is 11.3 Å². The van der Waals surface area contributed by atoms with Crippen LogP contribution in [0.5, 0.6) is 0 Å². The van der Waals surface area contributed by atoms with E-state index in [0.29, 0.717) is 5.41 Å². The molecule has 20 heavy (non-hydrogen) atoms. The molecule has 4 aliphatic carbocycles. The van der Waals surface area contributed by atoms with Crippen molar-refractivity contribution < 1.29 is 5.11 Å². The Kier molecular flexibility index (Phi) is 3.21. The maximum atomic E-state index is 10.7. The van der Waals surface area contributed by atoms with Gasteiger partial charge in [0.05, 0.1) is 10.4 Å². The van der Waals surface area contributed by atoms with Gasteiger partial charge in [0.25, 0.3) is 0 Å². The van der Waals surface area contributed by atoms with Crippen molar-refractivity contribution in [2.45, 2.75) is 58.0 Å². The number of halogens is 1. The molecule has 0 radical (unpaired) electrons. The monoisotopic (exact) mass is 310 g/mol. The zero-order chi connectivity index (χ0) is 13.9. The molecule has 1 aromatic rings. The fraction of sp³-hybridized carbons (Fsp3) is 0.765. The van der Waals surface area contributed by atoms with Gasteiger partial charge in [-0.25, -0.2) is 0 Å². The second-order valence-electron chi connectivity index (χ2n) is 7.74. The number of aliphatic hydroxyl groups is 1. The van der Waals surface area contributed by atoms with Gasteiger partial charge in [-0.2, -0.15) is 0 Å². The Bertz CT molecular complexity index is 466. The largest absolute Gasteiger partial charge is 0.388 e. The van der Waals surface area contributed by atoms with Crippen LogP contribution in [-0.4, -0.2) is 5.11 Å². The second-order valence-corrected chi connectivity index (χ2v) is 9.43. The number of hydrogen-bond acceptors (Lipinski definition) is 2. The number of rotatable bonds is 3. The minimum Gasteiger partial charge on any atom is -0.388 e. The molecule has 4 bridgehead atoms. The molecule has 1 atom stereocenters. The van der Waals surface area contributed by atoms with Gasteiger partial charge in [0.15, 0.2) is 0 Å². The Balaban J connectivity index is 1.53. The fourth-order valence-electron chi connectivity index (χ4n) is 5.70. The minimum atomic E-state index is -0.303. The van der Waals surface area contributed by atoms with Crippen LogP contribution in [0.15, 0.2) is 6.07 Å². The Hall–Kier alpha value is -0.0500. The zero-order valence-corrected chi connectivity index (χ0v) is 13.6. The molecule has 4 aliphatic rings. The van der Waals surface area contributed by atoms with Crippen LogP contribution in [0.3, 0.4) is 0 Å². The van der Waals surface area contributed by atoms with E-state index in [-0.39, 0.29) is 6.10 Å². The highest BCUT2D eigenvalue weighted by Gasteiger charge is 2.51. The van der Waals surface area contributed by atoms with Crippen molar-refractivity contribution in [2.75, 3.05) is 0 Å². The Labute approximate surface area is 130 Å². The lowest BCUT2D eigenvalue weighted by atomic mass is 9.48. The van der Waals surface area contributed by atoms with Crippen LogP contribution in [0.2, 0.25) is 4.34 Å². The summed E-state index contributed by atoms with van der Waals surface area (Å²) >= 11 is 7.72. The van der Waals surface area contributed by atoms with Crippen molar-refractivity contribution in [2.24, 2.45) is 23.2 Å². The number of hydrogen-bond donors (Lipinski definition) is 1. The van der Waals surface area contributed by atoms with Crippen molar-refractivity contribution in [1.29, 1.82) is 0 Å². The van der Waals surface area contributed by atoms with Crippen molar-refractivity contribution in [1.82, 2.24) is 0 Å². The molecular weight excluding hydrogens is 288 g/mol. The van der Waals surface area contributed by atoms with Crippen molar-refractivity contribution in [3.63, 3.8) is 0 Å². The van der Waals surface area contributed by atoms with Gasteiger partial charge in [0, 0.05) is 4.88 Å². The van der Waals surface area contributed by atoms with Gasteiger partial charge in [0.2, 0.25) is 0 Å². The summed E-state index contributed by atoms with van der Waals surface area (Å²) in [5.74, 6) is 2.88. The summed E-state index contributed by atoms with van der Waals surface area (Å²) in [5.41, 5.74) is 1.55. The molecule has 1 heterocycles. The molecule has 110 valence electrons. The van der Waals surface area contributed by atoms with Crippen LogP contribution in [0.25, 0.3) is 0 Å². The normalized spacial score (nSPS) is 40.2. The fourth-order valence-corrected chi connectivity index (χ4v) is 6.90. The summed E-state index contributed by atoms with van der Waals surface area (Å²) in [6, 6.07) is 2.08. The molecule has 1 nitrogen and oxygen atoms in total. The first-order valence-electron chi connectivity index (χ1n) is 7.97. The summed E-state index contributed by atoms with van der Waals surface area (Å²) in [4.78, 5) is 1.07. The van der Waals surface area contributed by atoms with Gasteiger partial charge in [-0.15, -0.1) is 11.3 Å². The summed E-state index contributed by atoms with van der Waals surface area (Å²) in [6.07, 6.45) is 9.18. The predicted molar refractivity (Wildman–Crippen MR) is 84.2 cm³/mol. The topological polar surface area (TPSA) is 20.2 Å². The van der Waals surface area contributed by atoms with E-state index in [1.165, 1.54) is 38.5 Å². The van der Waals surface area contributed by atoms with Crippen LogP contribution in [-0.2, 0) is 0 Å². The average molecular weight is 311 g/mol. The SMILES string of the molecule is Cc1cc(C(O)CC23CC4CC(CC(C4)C2)C3)sc1Cl. The highest BCUT2D eigenvalue weighted by Crippen LogP contribution is 2.62. The van der Waals surface area contributed by atoms with E-state index in [2.05, 4.69) is 6.07 Å². The lowest BCUT2D eigenvalue weighted by Gasteiger charge is -2.57. The molecule has 1 aromatic heterocycles. The minimum absolute atomic E-state index is 0.303. The van der Waals surface area contributed by atoms with Gasteiger partial charge in [-0.05, 0) is 86.7 Å². The summed E-state index contributed by atoms with van der Waals surface area (Å²) in [7, 11) is 0. The third-order valence-electron chi connectivity index (χ3n) is 6.00. The smallest absolute Gasteiger partial charge is 0.0961 e. The quantitative estimate of drug-likeness (QED) is 0.798. The molecule has 0 spiro atoms.